The monoisotopic (exact) mass is 217 g/mol. The summed E-state index contributed by atoms with van der Waals surface area (Å²) in [7, 11) is 0. The SMILES string of the molecule is Cc1cccc(-c2ccc(CO)c(F)c2)n1. The first kappa shape index (κ1) is 10.8. The number of benzene rings is 1. The van der Waals surface area contributed by atoms with Crippen LogP contribution >= 0.6 is 0 Å². The van der Waals surface area contributed by atoms with Crippen molar-refractivity contribution in [3.63, 3.8) is 0 Å². The number of nitrogens with zero attached hydrogens (tertiary/aromatic N) is 1. The van der Waals surface area contributed by atoms with Gasteiger partial charge in [0.15, 0.2) is 0 Å². The van der Waals surface area contributed by atoms with E-state index in [4.69, 9.17) is 5.11 Å². The minimum atomic E-state index is -0.400. The number of hydrogen-bond donors (Lipinski definition) is 1. The molecule has 0 atom stereocenters. The fourth-order valence-electron chi connectivity index (χ4n) is 1.54. The van der Waals surface area contributed by atoms with Crippen LogP contribution in [-0.4, -0.2) is 10.1 Å². The fraction of sp³-hybridized carbons (Fsp3) is 0.154. The lowest BCUT2D eigenvalue weighted by molar-refractivity contribution is 0.276. The van der Waals surface area contributed by atoms with Gasteiger partial charge in [0.1, 0.15) is 5.82 Å². The highest BCUT2D eigenvalue weighted by atomic mass is 19.1. The van der Waals surface area contributed by atoms with Crippen molar-refractivity contribution in [2.75, 3.05) is 0 Å². The van der Waals surface area contributed by atoms with Gasteiger partial charge in [0, 0.05) is 16.8 Å². The Morgan fingerprint density at radius 3 is 2.69 bits per heavy atom. The number of aromatic nitrogens is 1. The van der Waals surface area contributed by atoms with Gasteiger partial charge in [-0.05, 0) is 25.1 Å². The Balaban J connectivity index is 2.45. The van der Waals surface area contributed by atoms with E-state index < -0.39 is 5.82 Å². The number of aliphatic hydroxyl groups excluding tert-OH is 1. The molecule has 0 saturated carbocycles. The second kappa shape index (κ2) is 4.41. The highest BCUT2D eigenvalue weighted by Gasteiger charge is 2.05. The molecule has 0 spiro atoms. The standard InChI is InChI=1S/C13H12FNO/c1-9-3-2-4-13(15-9)10-5-6-11(8-16)12(14)7-10/h2-7,16H,8H2,1H3. The van der Waals surface area contributed by atoms with Crippen LogP contribution in [0.3, 0.4) is 0 Å². The van der Waals surface area contributed by atoms with Crippen LogP contribution in [0, 0.1) is 12.7 Å². The van der Waals surface area contributed by atoms with Crippen molar-refractivity contribution in [2.45, 2.75) is 13.5 Å². The number of aliphatic hydroxyl groups is 1. The number of halogens is 1. The largest absolute Gasteiger partial charge is 0.392 e. The molecule has 82 valence electrons. The second-order valence-corrected chi connectivity index (χ2v) is 3.63. The van der Waals surface area contributed by atoms with Crippen molar-refractivity contribution in [2.24, 2.45) is 0 Å². The second-order valence-electron chi connectivity index (χ2n) is 3.63. The van der Waals surface area contributed by atoms with Crippen molar-refractivity contribution in [1.82, 2.24) is 4.98 Å². The van der Waals surface area contributed by atoms with Gasteiger partial charge < -0.3 is 5.11 Å². The lowest BCUT2D eigenvalue weighted by atomic mass is 10.1. The first-order valence-electron chi connectivity index (χ1n) is 5.04. The van der Waals surface area contributed by atoms with Crippen LogP contribution in [-0.2, 0) is 6.61 Å². The summed E-state index contributed by atoms with van der Waals surface area (Å²) in [5.41, 5.74) is 2.65. The molecule has 0 fully saturated rings. The van der Waals surface area contributed by atoms with E-state index in [1.165, 1.54) is 6.07 Å². The van der Waals surface area contributed by atoms with E-state index in [0.29, 0.717) is 5.56 Å². The molecule has 1 N–H and O–H groups in total. The molecule has 3 heteroatoms. The van der Waals surface area contributed by atoms with E-state index in [2.05, 4.69) is 4.98 Å². The van der Waals surface area contributed by atoms with Gasteiger partial charge in [-0.25, -0.2) is 4.39 Å². The zero-order valence-electron chi connectivity index (χ0n) is 8.94. The summed E-state index contributed by atoms with van der Waals surface area (Å²) in [4.78, 5) is 4.31. The molecule has 16 heavy (non-hydrogen) atoms. The smallest absolute Gasteiger partial charge is 0.129 e. The maximum atomic E-state index is 13.4. The van der Waals surface area contributed by atoms with E-state index in [9.17, 15) is 4.39 Å². The van der Waals surface area contributed by atoms with E-state index in [1.807, 2.05) is 25.1 Å². The van der Waals surface area contributed by atoms with Crippen molar-refractivity contribution in [3.05, 3.63) is 53.5 Å². The van der Waals surface area contributed by atoms with Gasteiger partial charge in [-0.2, -0.15) is 0 Å². The van der Waals surface area contributed by atoms with Crippen LogP contribution in [0.5, 0.6) is 0 Å². The van der Waals surface area contributed by atoms with Crippen LogP contribution in [0.1, 0.15) is 11.3 Å². The summed E-state index contributed by atoms with van der Waals surface area (Å²) in [6.45, 7) is 1.61. The molecule has 2 aromatic rings. The lowest BCUT2D eigenvalue weighted by Gasteiger charge is -2.04. The summed E-state index contributed by atoms with van der Waals surface area (Å²) in [5, 5.41) is 8.87. The Bertz CT molecular complexity index is 511. The van der Waals surface area contributed by atoms with Gasteiger partial charge in [0.2, 0.25) is 0 Å². The highest BCUT2D eigenvalue weighted by Crippen LogP contribution is 2.20. The van der Waals surface area contributed by atoms with Crippen LogP contribution in [0.2, 0.25) is 0 Å². The van der Waals surface area contributed by atoms with E-state index in [-0.39, 0.29) is 6.61 Å². The highest BCUT2D eigenvalue weighted by molar-refractivity contribution is 5.59. The van der Waals surface area contributed by atoms with Crippen molar-refractivity contribution >= 4 is 0 Å². The Morgan fingerprint density at radius 1 is 1.25 bits per heavy atom. The molecule has 0 bridgehead atoms. The Labute approximate surface area is 93.4 Å². The van der Waals surface area contributed by atoms with Gasteiger partial charge in [0.25, 0.3) is 0 Å². The molecule has 1 heterocycles. The molecule has 0 unspecified atom stereocenters. The topological polar surface area (TPSA) is 33.1 Å². The molecule has 0 saturated heterocycles. The minimum Gasteiger partial charge on any atom is -0.392 e. The molecule has 0 aliphatic heterocycles. The Hall–Kier alpha value is -1.74. The zero-order chi connectivity index (χ0) is 11.5. The predicted molar refractivity (Wildman–Crippen MR) is 60.3 cm³/mol. The van der Waals surface area contributed by atoms with Gasteiger partial charge in [-0.3, -0.25) is 4.98 Å². The average Bonchev–Trinajstić information content (AvgIpc) is 2.29. The molecule has 0 aliphatic rings. The maximum Gasteiger partial charge on any atom is 0.129 e. The van der Waals surface area contributed by atoms with Crippen LogP contribution < -0.4 is 0 Å². The van der Waals surface area contributed by atoms with Crippen molar-refractivity contribution in [3.8, 4) is 11.3 Å². The van der Waals surface area contributed by atoms with Crippen LogP contribution in [0.25, 0.3) is 11.3 Å². The van der Waals surface area contributed by atoms with Crippen molar-refractivity contribution in [1.29, 1.82) is 0 Å². The molecule has 1 aromatic heterocycles. The number of hydrogen-bond acceptors (Lipinski definition) is 2. The fourth-order valence-corrected chi connectivity index (χ4v) is 1.54. The summed E-state index contributed by atoms with van der Waals surface area (Å²) < 4.78 is 13.4. The third kappa shape index (κ3) is 2.09. The number of aryl methyl sites for hydroxylation is 1. The summed E-state index contributed by atoms with van der Waals surface area (Å²) in [5.74, 6) is -0.400. The van der Waals surface area contributed by atoms with Crippen LogP contribution in [0.4, 0.5) is 4.39 Å². The summed E-state index contributed by atoms with van der Waals surface area (Å²) in [6, 6.07) is 10.3. The Morgan fingerprint density at radius 2 is 2.06 bits per heavy atom. The van der Waals surface area contributed by atoms with Crippen LogP contribution in [0.15, 0.2) is 36.4 Å². The van der Waals surface area contributed by atoms with Gasteiger partial charge in [-0.15, -0.1) is 0 Å². The first-order chi connectivity index (χ1) is 7.70. The molecule has 0 radical (unpaired) electrons. The molecular weight excluding hydrogens is 205 g/mol. The van der Waals surface area contributed by atoms with Gasteiger partial charge in [-0.1, -0.05) is 18.2 Å². The number of pyridine rings is 1. The van der Waals surface area contributed by atoms with Crippen molar-refractivity contribution < 1.29 is 9.50 Å². The van der Waals surface area contributed by atoms with E-state index >= 15 is 0 Å². The van der Waals surface area contributed by atoms with Gasteiger partial charge in [0.05, 0.1) is 12.3 Å². The lowest BCUT2D eigenvalue weighted by Crippen LogP contribution is -1.92. The summed E-state index contributed by atoms with van der Waals surface area (Å²) in [6.07, 6.45) is 0. The van der Waals surface area contributed by atoms with Gasteiger partial charge >= 0.3 is 0 Å². The molecular formula is C13H12FNO. The third-order valence-corrected chi connectivity index (χ3v) is 2.41. The first-order valence-corrected chi connectivity index (χ1v) is 5.04. The maximum absolute atomic E-state index is 13.4. The minimum absolute atomic E-state index is 0.284. The number of rotatable bonds is 2. The summed E-state index contributed by atoms with van der Waals surface area (Å²) >= 11 is 0. The van der Waals surface area contributed by atoms with E-state index in [1.54, 1.807) is 12.1 Å². The quantitative estimate of drug-likeness (QED) is 0.839. The molecule has 2 nitrogen and oxygen atoms in total. The normalized spacial score (nSPS) is 10.4. The zero-order valence-corrected chi connectivity index (χ0v) is 8.94. The molecule has 2 rings (SSSR count). The predicted octanol–water partition coefficient (Wildman–Crippen LogP) is 2.69. The third-order valence-electron chi connectivity index (χ3n) is 2.41. The van der Waals surface area contributed by atoms with E-state index in [0.717, 1.165) is 17.0 Å². The molecule has 1 aromatic carbocycles. The molecule has 0 aliphatic carbocycles. The Kier molecular flexibility index (Phi) is 2.97. The molecule has 0 amide bonds. The average molecular weight is 217 g/mol.